The van der Waals surface area contributed by atoms with Crippen molar-refractivity contribution >= 4 is 23.8 Å². The smallest absolute Gasteiger partial charge is 0.139 e. The molecule has 0 saturated carbocycles. The fraction of sp³-hybridized carbons (Fsp3) is 0.222. The third-order valence-corrected chi connectivity index (χ3v) is 2.95. The molecule has 1 N–H and O–H groups in total. The first-order valence-corrected chi connectivity index (χ1v) is 6.94. The number of nitrogens with zero attached hydrogens (tertiary/aromatic N) is 1. The molecule has 0 radical (unpaired) electrons. The van der Waals surface area contributed by atoms with Gasteiger partial charge in [0.25, 0.3) is 0 Å². The summed E-state index contributed by atoms with van der Waals surface area (Å²) in [5.74, 6) is 0. The molecule has 0 aliphatic heterocycles. The highest BCUT2D eigenvalue weighted by Crippen LogP contribution is 2.20. The summed E-state index contributed by atoms with van der Waals surface area (Å²) in [6, 6.07) is 8.09. The van der Waals surface area contributed by atoms with Crippen LogP contribution in [0.3, 0.4) is 0 Å². The van der Waals surface area contributed by atoms with E-state index >= 15 is 0 Å². The lowest BCUT2D eigenvalue weighted by atomic mass is 10.0. The Morgan fingerprint density at radius 3 is 2.38 bits per heavy atom. The first kappa shape index (κ1) is 16.6. The van der Waals surface area contributed by atoms with Gasteiger partial charge in [-0.3, -0.25) is 4.99 Å². The van der Waals surface area contributed by atoms with E-state index in [0.29, 0.717) is 0 Å². The maximum absolute atomic E-state index is 10.3. The number of aliphatic imine (C=N–C) groups is 1. The van der Waals surface area contributed by atoms with Crippen LogP contribution >= 0.6 is 0 Å². The first-order valence-electron chi connectivity index (χ1n) is 6.94. The van der Waals surface area contributed by atoms with E-state index < -0.39 is 0 Å². The van der Waals surface area contributed by atoms with E-state index in [1.54, 1.807) is 6.21 Å². The fourth-order valence-electron chi connectivity index (χ4n) is 1.83. The molecule has 0 spiro atoms. The summed E-state index contributed by atoms with van der Waals surface area (Å²) in [7, 11) is 0. The number of allylic oxidation sites excluding steroid dienone is 3. The SMILES string of the molecule is C=C(C)/N=C\C=C(/CC)c1ccc(C(=C)NCC=O)cc1. The van der Waals surface area contributed by atoms with Crippen molar-refractivity contribution in [1.29, 1.82) is 0 Å². The van der Waals surface area contributed by atoms with Gasteiger partial charge in [0.1, 0.15) is 6.29 Å². The van der Waals surface area contributed by atoms with Gasteiger partial charge in [-0.1, -0.05) is 44.3 Å². The molecular weight excluding hydrogens is 260 g/mol. The molecule has 110 valence electrons. The molecule has 3 heteroatoms. The Morgan fingerprint density at radius 2 is 1.86 bits per heavy atom. The van der Waals surface area contributed by atoms with Gasteiger partial charge in [-0.2, -0.15) is 0 Å². The Labute approximate surface area is 126 Å². The minimum Gasteiger partial charge on any atom is -0.378 e. The van der Waals surface area contributed by atoms with Crippen LogP contribution in [0.1, 0.15) is 31.4 Å². The van der Waals surface area contributed by atoms with Crippen molar-refractivity contribution in [2.45, 2.75) is 20.3 Å². The van der Waals surface area contributed by atoms with Gasteiger partial charge in [0.05, 0.1) is 6.54 Å². The van der Waals surface area contributed by atoms with E-state index in [1.807, 2.05) is 37.3 Å². The average Bonchev–Trinajstić information content (AvgIpc) is 2.49. The Balaban J connectivity index is 2.86. The predicted octanol–water partition coefficient (Wildman–Crippen LogP) is 3.84. The minimum atomic E-state index is 0.276. The van der Waals surface area contributed by atoms with Crippen LogP contribution in [0.5, 0.6) is 0 Å². The molecule has 0 aromatic heterocycles. The van der Waals surface area contributed by atoms with Crippen molar-refractivity contribution < 1.29 is 4.79 Å². The number of aldehydes is 1. The van der Waals surface area contributed by atoms with Crippen LogP contribution in [0, 0.1) is 0 Å². The average molecular weight is 282 g/mol. The van der Waals surface area contributed by atoms with Gasteiger partial charge in [0, 0.05) is 17.6 Å². The highest BCUT2D eigenvalue weighted by atomic mass is 16.1. The van der Waals surface area contributed by atoms with Gasteiger partial charge < -0.3 is 10.1 Å². The Hall–Kier alpha value is -2.42. The molecule has 3 nitrogen and oxygen atoms in total. The predicted molar refractivity (Wildman–Crippen MR) is 91.1 cm³/mol. The number of hydrogen-bond acceptors (Lipinski definition) is 3. The molecule has 21 heavy (non-hydrogen) atoms. The van der Waals surface area contributed by atoms with E-state index in [0.717, 1.165) is 35.2 Å². The number of carbonyl (C=O) groups is 1. The highest BCUT2D eigenvalue weighted by Gasteiger charge is 2.01. The van der Waals surface area contributed by atoms with Gasteiger partial charge >= 0.3 is 0 Å². The van der Waals surface area contributed by atoms with Crippen molar-refractivity contribution in [3.05, 3.63) is 60.3 Å². The van der Waals surface area contributed by atoms with Gasteiger partial charge in [0.15, 0.2) is 0 Å². The van der Waals surface area contributed by atoms with Crippen molar-refractivity contribution in [2.75, 3.05) is 6.54 Å². The third-order valence-electron chi connectivity index (χ3n) is 2.95. The van der Waals surface area contributed by atoms with Crippen LogP contribution in [0.15, 0.2) is 54.2 Å². The van der Waals surface area contributed by atoms with E-state index in [2.05, 4.69) is 30.4 Å². The van der Waals surface area contributed by atoms with Crippen LogP contribution in [-0.2, 0) is 4.79 Å². The third kappa shape index (κ3) is 5.61. The maximum Gasteiger partial charge on any atom is 0.139 e. The molecule has 1 aromatic rings. The Bertz CT molecular complexity index is 565. The van der Waals surface area contributed by atoms with E-state index in [4.69, 9.17) is 0 Å². The van der Waals surface area contributed by atoms with Crippen molar-refractivity contribution in [3.63, 3.8) is 0 Å². The molecule has 0 fully saturated rings. The summed E-state index contributed by atoms with van der Waals surface area (Å²) in [5, 5.41) is 2.95. The molecule has 0 aliphatic carbocycles. The molecule has 0 amide bonds. The molecular formula is C18H22N2O. The number of carbonyl (C=O) groups excluding carboxylic acids is 1. The second-order valence-corrected chi connectivity index (χ2v) is 4.66. The van der Waals surface area contributed by atoms with Crippen LogP contribution < -0.4 is 5.32 Å². The Morgan fingerprint density at radius 1 is 1.24 bits per heavy atom. The molecule has 0 heterocycles. The minimum absolute atomic E-state index is 0.276. The van der Waals surface area contributed by atoms with Crippen LogP contribution in [0.2, 0.25) is 0 Å². The molecule has 0 unspecified atom stereocenters. The largest absolute Gasteiger partial charge is 0.378 e. The monoisotopic (exact) mass is 282 g/mol. The summed E-state index contributed by atoms with van der Waals surface area (Å²) in [4.78, 5) is 14.5. The normalized spacial score (nSPS) is 11.4. The van der Waals surface area contributed by atoms with Crippen molar-refractivity contribution in [1.82, 2.24) is 5.32 Å². The summed E-state index contributed by atoms with van der Waals surface area (Å²) in [5.41, 5.74) is 4.87. The lowest BCUT2D eigenvalue weighted by Gasteiger charge is -2.09. The van der Waals surface area contributed by atoms with E-state index in [-0.39, 0.29) is 6.54 Å². The fourth-order valence-corrected chi connectivity index (χ4v) is 1.83. The molecule has 0 saturated heterocycles. The molecule has 1 aromatic carbocycles. The standard InChI is InChI=1S/C18H22N2O/c1-5-16(10-11-19-14(2)3)18-8-6-17(7-9-18)15(4)20-12-13-21/h6-11,13,20H,2,4-5,12H2,1,3H3/b16-10+,19-11-. The topological polar surface area (TPSA) is 41.5 Å². The number of benzene rings is 1. The van der Waals surface area contributed by atoms with Gasteiger partial charge in [-0.05, 0) is 36.1 Å². The van der Waals surface area contributed by atoms with Gasteiger partial charge in [0.2, 0.25) is 0 Å². The molecule has 0 bridgehead atoms. The van der Waals surface area contributed by atoms with Crippen LogP contribution in [-0.4, -0.2) is 19.0 Å². The summed E-state index contributed by atoms with van der Waals surface area (Å²) in [6.45, 7) is 11.9. The van der Waals surface area contributed by atoms with Crippen molar-refractivity contribution in [3.8, 4) is 0 Å². The zero-order chi connectivity index (χ0) is 15.7. The second-order valence-electron chi connectivity index (χ2n) is 4.66. The second kappa shape index (κ2) is 8.69. The van der Waals surface area contributed by atoms with E-state index in [1.165, 1.54) is 5.57 Å². The maximum atomic E-state index is 10.3. The molecule has 1 rings (SSSR count). The van der Waals surface area contributed by atoms with Gasteiger partial charge in [-0.15, -0.1) is 0 Å². The summed E-state index contributed by atoms with van der Waals surface area (Å²) >= 11 is 0. The summed E-state index contributed by atoms with van der Waals surface area (Å²) < 4.78 is 0. The zero-order valence-electron chi connectivity index (χ0n) is 12.7. The number of nitrogens with one attached hydrogen (secondary N) is 1. The van der Waals surface area contributed by atoms with Gasteiger partial charge in [-0.25, -0.2) is 0 Å². The lowest BCUT2D eigenvalue weighted by molar-refractivity contribution is -0.107. The first-order chi connectivity index (χ1) is 10.1. The van der Waals surface area contributed by atoms with Crippen LogP contribution in [0.4, 0.5) is 0 Å². The van der Waals surface area contributed by atoms with Crippen molar-refractivity contribution in [2.24, 2.45) is 4.99 Å². The summed E-state index contributed by atoms with van der Waals surface area (Å²) in [6.07, 6.45) is 5.52. The zero-order valence-corrected chi connectivity index (χ0v) is 12.7. The number of rotatable bonds is 8. The quantitative estimate of drug-likeness (QED) is 0.581. The Kier molecular flexibility index (Phi) is 6.88. The lowest BCUT2D eigenvalue weighted by Crippen LogP contribution is -2.13. The molecule has 0 atom stereocenters. The van der Waals surface area contributed by atoms with Crippen LogP contribution in [0.25, 0.3) is 11.3 Å². The molecule has 0 aliphatic rings. The number of hydrogen-bond donors (Lipinski definition) is 1. The van der Waals surface area contributed by atoms with E-state index in [9.17, 15) is 4.79 Å². The highest BCUT2D eigenvalue weighted by molar-refractivity contribution is 5.85.